The first-order valence-electron chi connectivity index (χ1n) is 5.36. The van der Waals surface area contributed by atoms with E-state index in [9.17, 15) is 18.0 Å². The van der Waals surface area contributed by atoms with Gasteiger partial charge in [-0.25, -0.2) is 18.2 Å². The molecule has 2 aromatic rings. The molecule has 4 nitrogen and oxygen atoms in total. The Hall–Kier alpha value is -1.22. The second-order valence-electron chi connectivity index (χ2n) is 3.83. The first kappa shape index (κ1) is 15.2. The summed E-state index contributed by atoms with van der Waals surface area (Å²) >= 11 is 3.81. The van der Waals surface area contributed by atoms with E-state index < -0.39 is 24.8 Å². The predicted molar refractivity (Wildman–Crippen MR) is 71.8 cm³/mol. The van der Waals surface area contributed by atoms with Crippen LogP contribution in [0.3, 0.4) is 0 Å². The first-order valence-corrected chi connectivity index (χ1v) is 7.14. The summed E-state index contributed by atoms with van der Waals surface area (Å²) in [5, 5.41) is 8.76. The van der Waals surface area contributed by atoms with Crippen LogP contribution in [0.1, 0.15) is 0 Å². The third-order valence-corrected chi connectivity index (χ3v) is 3.97. The molecular formula is C11H8BrF3N2O2S. The molecule has 0 fully saturated rings. The number of rotatable bonds is 5. The van der Waals surface area contributed by atoms with Gasteiger partial charge in [-0.1, -0.05) is 11.8 Å². The molecule has 0 aliphatic heterocycles. The summed E-state index contributed by atoms with van der Waals surface area (Å²) in [5.74, 6) is -1.99. The molecule has 0 aliphatic carbocycles. The summed E-state index contributed by atoms with van der Waals surface area (Å²) in [6.07, 6.45) is -2.65. The highest BCUT2D eigenvalue weighted by molar-refractivity contribution is 9.10. The molecule has 0 amide bonds. The monoisotopic (exact) mass is 368 g/mol. The number of hydrogen-bond donors (Lipinski definition) is 1. The van der Waals surface area contributed by atoms with Gasteiger partial charge in [0.15, 0.2) is 5.16 Å². The quantitative estimate of drug-likeness (QED) is 0.822. The van der Waals surface area contributed by atoms with Gasteiger partial charge in [0, 0.05) is 6.07 Å². The zero-order valence-corrected chi connectivity index (χ0v) is 12.2. The molecule has 0 aliphatic rings. The molecule has 0 bridgehead atoms. The summed E-state index contributed by atoms with van der Waals surface area (Å²) in [6.45, 7) is -0.667. The van der Waals surface area contributed by atoms with Gasteiger partial charge in [-0.3, -0.25) is 4.79 Å². The lowest BCUT2D eigenvalue weighted by Crippen LogP contribution is -2.09. The van der Waals surface area contributed by atoms with E-state index in [2.05, 4.69) is 20.9 Å². The van der Waals surface area contributed by atoms with Crippen molar-refractivity contribution in [2.24, 2.45) is 0 Å². The minimum Gasteiger partial charge on any atom is -0.481 e. The van der Waals surface area contributed by atoms with Crippen molar-refractivity contribution in [1.82, 2.24) is 9.55 Å². The average Bonchev–Trinajstić information content (AvgIpc) is 2.65. The Bertz CT molecular complexity index is 663. The van der Waals surface area contributed by atoms with Gasteiger partial charge in [0.25, 0.3) is 6.43 Å². The van der Waals surface area contributed by atoms with Gasteiger partial charge in [0.1, 0.15) is 5.82 Å². The van der Waals surface area contributed by atoms with Gasteiger partial charge in [-0.2, -0.15) is 0 Å². The molecule has 1 heterocycles. The summed E-state index contributed by atoms with van der Waals surface area (Å²) < 4.78 is 40.0. The molecule has 0 saturated carbocycles. The summed E-state index contributed by atoms with van der Waals surface area (Å²) in [7, 11) is 0. The fourth-order valence-electron chi connectivity index (χ4n) is 1.65. The normalized spacial score (nSPS) is 11.4. The average molecular weight is 369 g/mol. The number of aliphatic carboxylic acids is 1. The van der Waals surface area contributed by atoms with E-state index in [-0.39, 0.29) is 20.9 Å². The van der Waals surface area contributed by atoms with Crippen LogP contribution in [0.25, 0.3) is 11.0 Å². The molecule has 0 spiro atoms. The largest absolute Gasteiger partial charge is 0.481 e. The van der Waals surface area contributed by atoms with Crippen molar-refractivity contribution in [1.29, 1.82) is 0 Å². The standard InChI is InChI=1S/C11H8BrF3N2O2S/c12-5-1-7-8(2-6(5)13)17(3-9(14)15)11(16-7)20-4-10(18)19/h1-2,9H,3-4H2,(H,18,19). The van der Waals surface area contributed by atoms with Crippen LogP contribution < -0.4 is 0 Å². The van der Waals surface area contributed by atoms with Crippen LogP contribution >= 0.6 is 27.7 Å². The fraction of sp³-hybridized carbons (Fsp3) is 0.273. The second-order valence-corrected chi connectivity index (χ2v) is 5.63. The van der Waals surface area contributed by atoms with Crippen molar-refractivity contribution in [3.63, 3.8) is 0 Å². The zero-order chi connectivity index (χ0) is 14.9. The zero-order valence-electron chi connectivity index (χ0n) is 9.82. The lowest BCUT2D eigenvalue weighted by atomic mass is 10.3. The van der Waals surface area contributed by atoms with Gasteiger partial charge in [-0.15, -0.1) is 0 Å². The van der Waals surface area contributed by atoms with E-state index in [0.29, 0.717) is 5.52 Å². The molecule has 0 saturated heterocycles. The van der Waals surface area contributed by atoms with E-state index in [0.717, 1.165) is 22.4 Å². The third-order valence-electron chi connectivity index (χ3n) is 2.40. The maximum absolute atomic E-state index is 13.5. The third kappa shape index (κ3) is 3.26. The number of aromatic nitrogens is 2. The van der Waals surface area contributed by atoms with Crippen LogP contribution in [-0.4, -0.2) is 32.8 Å². The summed E-state index contributed by atoms with van der Waals surface area (Å²) in [6, 6.07) is 2.47. The van der Waals surface area contributed by atoms with Gasteiger partial charge < -0.3 is 9.67 Å². The number of thioether (sulfide) groups is 1. The Morgan fingerprint density at radius 2 is 2.20 bits per heavy atom. The van der Waals surface area contributed by atoms with Crippen molar-refractivity contribution < 1.29 is 23.1 Å². The van der Waals surface area contributed by atoms with E-state index in [1.165, 1.54) is 6.07 Å². The number of carboxylic acids is 1. The van der Waals surface area contributed by atoms with Crippen LogP contribution in [0.15, 0.2) is 21.8 Å². The number of hydrogen-bond acceptors (Lipinski definition) is 3. The van der Waals surface area contributed by atoms with Crippen molar-refractivity contribution >= 4 is 44.7 Å². The van der Waals surface area contributed by atoms with E-state index in [1.54, 1.807) is 0 Å². The molecule has 0 unspecified atom stereocenters. The molecule has 0 atom stereocenters. The van der Waals surface area contributed by atoms with Crippen LogP contribution in [0, 0.1) is 5.82 Å². The van der Waals surface area contributed by atoms with Crippen molar-refractivity contribution in [2.45, 2.75) is 18.1 Å². The number of fused-ring (bicyclic) bond motifs is 1. The second kappa shape index (κ2) is 6.04. The lowest BCUT2D eigenvalue weighted by Gasteiger charge is -2.07. The number of nitrogens with zero attached hydrogens (tertiary/aromatic N) is 2. The predicted octanol–water partition coefficient (Wildman–Crippen LogP) is 3.38. The molecular weight excluding hydrogens is 361 g/mol. The minimum atomic E-state index is -2.65. The van der Waals surface area contributed by atoms with E-state index in [1.807, 2.05) is 0 Å². The molecule has 1 aromatic heterocycles. The Labute approximate surface area is 124 Å². The topological polar surface area (TPSA) is 55.1 Å². The smallest absolute Gasteiger partial charge is 0.313 e. The number of halogens is 4. The number of alkyl halides is 2. The Morgan fingerprint density at radius 1 is 1.50 bits per heavy atom. The van der Waals surface area contributed by atoms with Gasteiger partial charge >= 0.3 is 5.97 Å². The maximum atomic E-state index is 13.5. The molecule has 0 radical (unpaired) electrons. The van der Waals surface area contributed by atoms with Crippen molar-refractivity contribution in [3.8, 4) is 0 Å². The fourth-order valence-corrected chi connectivity index (χ4v) is 2.72. The van der Waals surface area contributed by atoms with Crippen LogP contribution in [0.2, 0.25) is 0 Å². The van der Waals surface area contributed by atoms with Crippen molar-refractivity contribution in [3.05, 3.63) is 22.4 Å². The molecule has 1 aromatic carbocycles. The van der Waals surface area contributed by atoms with Crippen LogP contribution in [0.5, 0.6) is 0 Å². The number of imidazole rings is 1. The molecule has 20 heavy (non-hydrogen) atoms. The van der Waals surface area contributed by atoms with E-state index in [4.69, 9.17) is 5.11 Å². The van der Waals surface area contributed by atoms with Gasteiger partial charge in [0.2, 0.25) is 0 Å². The molecule has 2 rings (SSSR count). The molecule has 1 N–H and O–H groups in total. The number of carbonyl (C=O) groups is 1. The maximum Gasteiger partial charge on any atom is 0.313 e. The Balaban J connectivity index is 2.51. The number of carboxylic acid groups (broad SMARTS) is 1. The van der Waals surface area contributed by atoms with Crippen LogP contribution in [0.4, 0.5) is 13.2 Å². The van der Waals surface area contributed by atoms with Crippen molar-refractivity contribution in [2.75, 3.05) is 5.75 Å². The van der Waals surface area contributed by atoms with Gasteiger partial charge in [0.05, 0.1) is 27.8 Å². The highest BCUT2D eigenvalue weighted by atomic mass is 79.9. The highest BCUT2D eigenvalue weighted by Gasteiger charge is 2.17. The SMILES string of the molecule is O=C(O)CSc1nc2cc(Br)c(F)cc2n1CC(F)F. The highest BCUT2D eigenvalue weighted by Crippen LogP contribution is 2.28. The van der Waals surface area contributed by atoms with Crippen LogP contribution in [-0.2, 0) is 11.3 Å². The minimum absolute atomic E-state index is 0.125. The Morgan fingerprint density at radius 3 is 2.80 bits per heavy atom. The first-order chi connectivity index (χ1) is 9.38. The summed E-state index contributed by atoms with van der Waals surface area (Å²) in [5.41, 5.74) is 0.533. The van der Waals surface area contributed by atoms with Gasteiger partial charge in [-0.05, 0) is 22.0 Å². The molecule has 108 valence electrons. The number of benzene rings is 1. The molecule has 9 heteroatoms. The summed E-state index contributed by atoms with van der Waals surface area (Å²) in [4.78, 5) is 14.6. The lowest BCUT2D eigenvalue weighted by molar-refractivity contribution is -0.133. The van der Waals surface area contributed by atoms with E-state index >= 15 is 0 Å². The Kier molecular flexibility index (Phi) is 4.59.